The Morgan fingerprint density at radius 3 is 2.62 bits per heavy atom. The van der Waals surface area contributed by atoms with Crippen LogP contribution >= 0.6 is 0 Å². The summed E-state index contributed by atoms with van der Waals surface area (Å²) < 4.78 is 0. The van der Waals surface area contributed by atoms with Gasteiger partial charge < -0.3 is 4.90 Å². The van der Waals surface area contributed by atoms with Gasteiger partial charge in [-0.1, -0.05) is 20.8 Å². The molecular formula is C13H21N3. The van der Waals surface area contributed by atoms with E-state index in [9.17, 15) is 0 Å². The first-order valence-corrected chi connectivity index (χ1v) is 6.24. The first kappa shape index (κ1) is 11.4. The van der Waals surface area contributed by atoms with Crippen molar-refractivity contribution in [2.45, 2.75) is 39.5 Å². The molecule has 0 unspecified atom stereocenters. The first-order chi connectivity index (χ1) is 7.66. The Hall–Kier alpha value is -1.12. The Bertz CT molecular complexity index is 341. The molecule has 1 saturated heterocycles. The second-order valence-electron chi connectivity index (χ2n) is 5.11. The molecule has 0 radical (unpaired) electrons. The maximum Gasteiger partial charge on any atom is 0.225 e. The van der Waals surface area contributed by atoms with Gasteiger partial charge in [-0.3, -0.25) is 0 Å². The first-order valence-electron chi connectivity index (χ1n) is 6.24. The predicted octanol–water partition coefficient (Wildman–Crippen LogP) is 2.84. The quantitative estimate of drug-likeness (QED) is 0.766. The number of nitrogens with zero attached hydrogens (tertiary/aromatic N) is 3. The van der Waals surface area contributed by atoms with Crippen molar-refractivity contribution in [2.24, 2.45) is 5.92 Å². The van der Waals surface area contributed by atoms with Crippen LogP contribution in [0.2, 0.25) is 0 Å². The van der Waals surface area contributed by atoms with Gasteiger partial charge in [-0.25, -0.2) is 9.97 Å². The molecule has 16 heavy (non-hydrogen) atoms. The van der Waals surface area contributed by atoms with E-state index >= 15 is 0 Å². The molecule has 1 aliphatic rings. The van der Waals surface area contributed by atoms with Crippen molar-refractivity contribution in [3.63, 3.8) is 0 Å². The second kappa shape index (κ2) is 4.81. The average Bonchev–Trinajstić information content (AvgIpc) is 2.30. The van der Waals surface area contributed by atoms with Crippen molar-refractivity contribution >= 4 is 5.95 Å². The Balaban J connectivity index is 2.11. The smallest absolute Gasteiger partial charge is 0.225 e. The number of hydrogen-bond donors (Lipinski definition) is 0. The number of piperidine rings is 1. The molecule has 0 spiro atoms. The van der Waals surface area contributed by atoms with Crippen LogP contribution in [-0.2, 0) is 0 Å². The fraction of sp³-hybridized carbons (Fsp3) is 0.692. The van der Waals surface area contributed by atoms with E-state index in [-0.39, 0.29) is 0 Å². The van der Waals surface area contributed by atoms with Gasteiger partial charge in [0.15, 0.2) is 0 Å². The lowest BCUT2D eigenvalue weighted by Crippen LogP contribution is -2.34. The molecule has 3 heteroatoms. The molecule has 1 aromatic heterocycles. The maximum absolute atomic E-state index is 4.64. The Kier molecular flexibility index (Phi) is 3.42. The zero-order valence-electron chi connectivity index (χ0n) is 10.5. The Morgan fingerprint density at radius 1 is 1.31 bits per heavy atom. The third-order valence-electron chi connectivity index (χ3n) is 3.32. The molecule has 0 amide bonds. The SMILES string of the molecule is CC1CCN(c2nccc(C(C)C)n2)CC1. The number of rotatable bonds is 2. The number of hydrogen-bond acceptors (Lipinski definition) is 3. The van der Waals surface area contributed by atoms with Crippen LogP contribution in [0.1, 0.15) is 45.2 Å². The Labute approximate surface area is 97.9 Å². The van der Waals surface area contributed by atoms with E-state index < -0.39 is 0 Å². The van der Waals surface area contributed by atoms with Gasteiger partial charge >= 0.3 is 0 Å². The molecule has 0 aromatic carbocycles. The zero-order chi connectivity index (χ0) is 11.5. The van der Waals surface area contributed by atoms with Gasteiger partial charge in [0, 0.05) is 25.0 Å². The molecule has 0 aliphatic carbocycles. The third-order valence-corrected chi connectivity index (χ3v) is 3.32. The fourth-order valence-electron chi connectivity index (χ4n) is 2.04. The van der Waals surface area contributed by atoms with Crippen LogP contribution in [-0.4, -0.2) is 23.1 Å². The second-order valence-corrected chi connectivity index (χ2v) is 5.11. The van der Waals surface area contributed by atoms with Gasteiger partial charge in [-0.2, -0.15) is 0 Å². The minimum atomic E-state index is 0.477. The van der Waals surface area contributed by atoms with Crippen LogP contribution in [0.4, 0.5) is 5.95 Å². The van der Waals surface area contributed by atoms with Crippen LogP contribution in [0.3, 0.4) is 0 Å². The van der Waals surface area contributed by atoms with Crippen LogP contribution in [0, 0.1) is 5.92 Å². The molecule has 0 N–H and O–H groups in total. The van der Waals surface area contributed by atoms with E-state index in [2.05, 4.69) is 35.6 Å². The molecule has 3 nitrogen and oxygen atoms in total. The lowest BCUT2D eigenvalue weighted by Gasteiger charge is -2.30. The van der Waals surface area contributed by atoms with Crippen molar-refractivity contribution in [3.8, 4) is 0 Å². The highest BCUT2D eigenvalue weighted by molar-refractivity contribution is 5.31. The lowest BCUT2D eigenvalue weighted by molar-refractivity contribution is 0.434. The largest absolute Gasteiger partial charge is 0.341 e. The maximum atomic E-state index is 4.64. The van der Waals surface area contributed by atoms with E-state index in [1.54, 1.807) is 0 Å². The monoisotopic (exact) mass is 219 g/mol. The molecule has 0 bridgehead atoms. The van der Waals surface area contributed by atoms with Crippen molar-refractivity contribution in [1.82, 2.24) is 9.97 Å². The summed E-state index contributed by atoms with van der Waals surface area (Å²) in [5.41, 5.74) is 1.14. The van der Waals surface area contributed by atoms with Gasteiger partial charge in [0.1, 0.15) is 0 Å². The van der Waals surface area contributed by atoms with E-state index in [0.717, 1.165) is 30.6 Å². The fourth-order valence-corrected chi connectivity index (χ4v) is 2.04. The molecular weight excluding hydrogens is 198 g/mol. The molecule has 2 heterocycles. The summed E-state index contributed by atoms with van der Waals surface area (Å²) in [6, 6.07) is 2.01. The summed E-state index contributed by atoms with van der Waals surface area (Å²) in [6.07, 6.45) is 4.40. The van der Waals surface area contributed by atoms with Gasteiger partial charge in [0.2, 0.25) is 5.95 Å². The Morgan fingerprint density at radius 2 is 2.00 bits per heavy atom. The highest BCUT2D eigenvalue weighted by Gasteiger charge is 2.18. The van der Waals surface area contributed by atoms with Gasteiger partial charge in [-0.15, -0.1) is 0 Å². The molecule has 88 valence electrons. The van der Waals surface area contributed by atoms with E-state index in [1.165, 1.54) is 12.8 Å². The van der Waals surface area contributed by atoms with E-state index in [1.807, 2.05) is 12.3 Å². The lowest BCUT2D eigenvalue weighted by atomic mass is 10.00. The van der Waals surface area contributed by atoms with Crippen molar-refractivity contribution in [2.75, 3.05) is 18.0 Å². The summed E-state index contributed by atoms with van der Waals surface area (Å²) in [6.45, 7) is 8.86. The summed E-state index contributed by atoms with van der Waals surface area (Å²) in [4.78, 5) is 11.3. The predicted molar refractivity (Wildman–Crippen MR) is 66.7 cm³/mol. The molecule has 0 atom stereocenters. The third kappa shape index (κ3) is 2.52. The van der Waals surface area contributed by atoms with Crippen molar-refractivity contribution < 1.29 is 0 Å². The van der Waals surface area contributed by atoms with Crippen LogP contribution < -0.4 is 4.90 Å². The highest BCUT2D eigenvalue weighted by atomic mass is 15.2. The summed E-state index contributed by atoms with van der Waals surface area (Å²) in [5, 5.41) is 0. The molecule has 2 rings (SSSR count). The summed E-state index contributed by atoms with van der Waals surface area (Å²) >= 11 is 0. The summed E-state index contributed by atoms with van der Waals surface area (Å²) in [7, 11) is 0. The molecule has 1 aromatic rings. The van der Waals surface area contributed by atoms with Crippen molar-refractivity contribution in [3.05, 3.63) is 18.0 Å². The number of anilines is 1. The molecule has 1 aliphatic heterocycles. The normalized spacial score (nSPS) is 18.1. The number of aromatic nitrogens is 2. The molecule has 0 saturated carbocycles. The van der Waals surface area contributed by atoms with Crippen molar-refractivity contribution in [1.29, 1.82) is 0 Å². The van der Waals surface area contributed by atoms with Gasteiger partial charge in [0.05, 0.1) is 0 Å². The minimum absolute atomic E-state index is 0.477. The minimum Gasteiger partial charge on any atom is -0.341 e. The van der Waals surface area contributed by atoms with Crippen LogP contribution in [0.25, 0.3) is 0 Å². The van der Waals surface area contributed by atoms with Gasteiger partial charge in [-0.05, 0) is 30.7 Å². The topological polar surface area (TPSA) is 29.0 Å². The average molecular weight is 219 g/mol. The van der Waals surface area contributed by atoms with E-state index in [4.69, 9.17) is 0 Å². The van der Waals surface area contributed by atoms with Crippen LogP contribution in [0.15, 0.2) is 12.3 Å². The summed E-state index contributed by atoms with van der Waals surface area (Å²) in [5.74, 6) is 2.24. The van der Waals surface area contributed by atoms with Gasteiger partial charge in [0.25, 0.3) is 0 Å². The standard InChI is InChI=1S/C13H21N3/c1-10(2)12-4-7-14-13(15-12)16-8-5-11(3)6-9-16/h4,7,10-11H,5-6,8-9H2,1-3H3. The van der Waals surface area contributed by atoms with E-state index in [0.29, 0.717) is 5.92 Å². The highest BCUT2D eigenvalue weighted by Crippen LogP contribution is 2.21. The zero-order valence-corrected chi connectivity index (χ0v) is 10.5. The molecule has 1 fully saturated rings. The van der Waals surface area contributed by atoms with Crippen LogP contribution in [0.5, 0.6) is 0 Å².